The molecule has 0 fully saturated rings. The molecule has 0 spiro atoms. The summed E-state index contributed by atoms with van der Waals surface area (Å²) in [5.41, 5.74) is 2.19. The van der Waals surface area contributed by atoms with E-state index in [0.717, 1.165) is 40.7 Å². The summed E-state index contributed by atoms with van der Waals surface area (Å²) in [6.45, 7) is 5.77. The summed E-state index contributed by atoms with van der Waals surface area (Å²) in [5.74, 6) is 2.37. The summed E-state index contributed by atoms with van der Waals surface area (Å²) in [5, 5.41) is 6.65. The Hall–Kier alpha value is -1.66. The van der Waals surface area contributed by atoms with Crippen LogP contribution in [0.2, 0.25) is 0 Å². The number of nitrogens with one attached hydrogen (secondary N) is 2. The second-order valence-electron chi connectivity index (χ2n) is 5.50. The molecule has 0 bridgehead atoms. The molecule has 0 aliphatic rings. The van der Waals surface area contributed by atoms with Gasteiger partial charge in [-0.25, -0.2) is 9.97 Å². The number of halogens is 1. The molecule has 2 aromatic rings. The average Bonchev–Trinajstić information content (AvgIpc) is 2.42. The van der Waals surface area contributed by atoms with E-state index in [1.54, 1.807) is 0 Å². The Kier molecular flexibility index (Phi) is 5.74. The van der Waals surface area contributed by atoms with Crippen LogP contribution in [0, 0.1) is 13.8 Å². The first-order chi connectivity index (χ1) is 10.4. The molecule has 1 heterocycles. The highest BCUT2D eigenvalue weighted by Crippen LogP contribution is 2.23. The topological polar surface area (TPSA) is 53.1 Å². The van der Waals surface area contributed by atoms with E-state index in [2.05, 4.69) is 68.5 Å². The van der Waals surface area contributed by atoms with Crippen LogP contribution in [0.15, 0.2) is 28.7 Å². The van der Waals surface area contributed by atoms with Gasteiger partial charge in [0.2, 0.25) is 0 Å². The van der Waals surface area contributed by atoms with E-state index in [0.29, 0.717) is 0 Å². The van der Waals surface area contributed by atoms with Crippen molar-refractivity contribution in [2.45, 2.75) is 13.8 Å². The fourth-order valence-corrected chi connectivity index (χ4v) is 2.25. The van der Waals surface area contributed by atoms with Gasteiger partial charge in [0.15, 0.2) is 0 Å². The first kappa shape index (κ1) is 16.7. The molecule has 0 aliphatic carbocycles. The van der Waals surface area contributed by atoms with Crippen LogP contribution in [0.1, 0.15) is 11.4 Å². The monoisotopic (exact) mass is 363 g/mol. The van der Waals surface area contributed by atoms with Gasteiger partial charge in [0.05, 0.1) is 0 Å². The van der Waals surface area contributed by atoms with Gasteiger partial charge in [-0.1, -0.05) is 15.9 Å². The van der Waals surface area contributed by atoms with E-state index in [9.17, 15) is 0 Å². The van der Waals surface area contributed by atoms with Gasteiger partial charge in [-0.2, -0.15) is 0 Å². The molecule has 1 aromatic carbocycles. The lowest BCUT2D eigenvalue weighted by Gasteiger charge is -2.13. The van der Waals surface area contributed by atoms with Crippen molar-refractivity contribution in [1.82, 2.24) is 14.9 Å². The van der Waals surface area contributed by atoms with Crippen molar-refractivity contribution in [2.24, 2.45) is 0 Å². The standard InChI is InChI=1S/C16H22BrN5/c1-11-9-13(5-6-14(11)17)21-16-10-15(19-12(2)20-16)18-7-8-22(3)4/h5-6,9-10H,7-8H2,1-4H3,(H2,18,19,20,21). The van der Waals surface area contributed by atoms with Crippen molar-refractivity contribution >= 4 is 33.3 Å². The fraction of sp³-hybridized carbons (Fsp3) is 0.375. The Morgan fingerprint density at radius 3 is 2.50 bits per heavy atom. The van der Waals surface area contributed by atoms with E-state index in [4.69, 9.17) is 0 Å². The number of nitrogens with zero attached hydrogens (tertiary/aromatic N) is 3. The Morgan fingerprint density at radius 1 is 1.09 bits per heavy atom. The molecule has 6 heteroatoms. The molecule has 0 radical (unpaired) electrons. The van der Waals surface area contributed by atoms with Crippen LogP contribution in [0.25, 0.3) is 0 Å². The SMILES string of the molecule is Cc1nc(NCCN(C)C)cc(Nc2ccc(Br)c(C)c2)n1. The molecular weight excluding hydrogens is 342 g/mol. The van der Waals surface area contributed by atoms with Crippen LogP contribution < -0.4 is 10.6 Å². The molecule has 0 amide bonds. The van der Waals surface area contributed by atoms with E-state index < -0.39 is 0 Å². The highest BCUT2D eigenvalue weighted by molar-refractivity contribution is 9.10. The summed E-state index contributed by atoms with van der Waals surface area (Å²) < 4.78 is 1.10. The maximum atomic E-state index is 4.44. The molecule has 0 saturated carbocycles. The number of anilines is 3. The summed E-state index contributed by atoms with van der Waals surface area (Å²) in [7, 11) is 4.10. The molecule has 0 aliphatic heterocycles. The molecule has 0 unspecified atom stereocenters. The largest absolute Gasteiger partial charge is 0.369 e. The number of aryl methyl sites for hydroxylation is 2. The molecule has 0 saturated heterocycles. The van der Waals surface area contributed by atoms with Gasteiger partial charge in [0, 0.05) is 29.3 Å². The maximum Gasteiger partial charge on any atom is 0.136 e. The van der Waals surface area contributed by atoms with Crippen molar-refractivity contribution in [2.75, 3.05) is 37.8 Å². The van der Waals surface area contributed by atoms with Crippen molar-refractivity contribution in [3.8, 4) is 0 Å². The number of hydrogen-bond acceptors (Lipinski definition) is 5. The lowest BCUT2D eigenvalue weighted by atomic mass is 10.2. The Labute approximate surface area is 140 Å². The van der Waals surface area contributed by atoms with Crippen LogP contribution in [0.4, 0.5) is 17.3 Å². The molecule has 22 heavy (non-hydrogen) atoms. The van der Waals surface area contributed by atoms with Gasteiger partial charge >= 0.3 is 0 Å². The van der Waals surface area contributed by atoms with Gasteiger partial charge in [-0.05, 0) is 51.7 Å². The van der Waals surface area contributed by atoms with E-state index in [1.807, 2.05) is 25.1 Å². The molecule has 2 rings (SSSR count). The van der Waals surface area contributed by atoms with Crippen LogP contribution in [0.3, 0.4) is 0 Å². The lowest BCUT2D eigenvalue weighted by molar-refractivity contribution is 0.425. The quantitative estimate of drug-likeness (QED) is 0.821. The number of hydrogen-bond donors (Lipinski definition) is 2. The summed E-state index contributed by atoms with van der Waals surface area (Å²) >= 11 is 3.51. The number of benzene rings is 1. The first-order valence-electron chi connectivity index (χ1n) is 7.21. The maximum absolute atomic E-state index is 4.44. The van der Waals surface area contributed by atoms with E-state index in [-0.39, 0.29) is 0 Å². The molecule has 118 valence electrons. The molecule has 2 N–H and O–H groups in total. The normalized spacial score (nSPS) is 10.8. The Morgan fingerprint density at radius 2 is 1.82 bits per heavy atom. The zero-order valence-electron chi connectivity index (χ0n) is 13.4. The molecule has 5 nitrogen and oxygen atoms in total. The Balaban J connectivity index is 2.10. The summed E-state index contributed by atoms with van der Waals surface area (Å²) in [4.78, 5) is 11.0. The zero-order chi connectivity index (χ0) is 16.1. The average molecular weight is 364 g/mol. The highest BCUT2D eigenvalue weighted by atomic mass is 79.9. The highest BCUT2D eigenvalue weighted by Gasteiger charge is 2.04. The minimum Gasteiger partial charge on any atom is -0.369 e. The van der Waals surface area contributed by atoms with E-state index in [1.165, 1.54) is 5.56 Å². The second-order valence-corrected chi connectivity index (χ2v) is 6.36. The van der Waals surface area contributed by atoms with Gasteiger partial charge in [0.1, 0.15) is 17.5 Å². The van der Waals surface area contributed by atoms with Gasteiger partial charge in [-0.3, -0.25) is 0 Å². The van der Waals surface area contributed by atoms with Crippen LogP contribution in [0.5, 0.6) is 0 Å². The van der Waals surface area contributed by atoms with Crippen molar-refractivity contribution < 1.29 is 0 Å². The predicted octanol–water partition coefficient (Wildman–Crippen LogP) is 3.57. The second kappa shape index (κ2) is 7.56. The smallest absolute Gasteiger partial charge is 0.136 e. The summed E-state index contributed by atoms with van der Waals surface area (Å²) in [6, 6.07) is 8.07. The third-order valence-electron chi connectivity index (χ3n) is 3.13. The minimum absolute atomic E-state index is 0.742. The number of aromatic nitrogens is 2. The first-order valence-corrected chi connectivity index (χ1v) is 8.01. The molecular formula is C16H22BrN5. The van der Waals surface area contributed by atoms with Crippen molar-refractivity contribution in [3.63, 3.8) is 0 Å². The van der Waals surface area contributed by atoms with Gasteiger partial charge in [0.25, 0.3) is 0 Å². The van der Waals surface area contributed by atoms with Crippen molar-refractivity contribution in [3.05, 3.63) is 40.1 Å². The number of likely N-dealkylation sites (N-methyl/N-ethyl adjacent to an activating group) is 1. The predicted molar refractivity (Wildman–Crippen MR) is 96.0 cm³/mol. The third kappa shape index (κ3) is 4.96. The minimum atomic E-state index is 0.742. The third-order valence-corrected chi connectivity index (χ3v) is 4.02. The summed E-state index contributed by atoms with van der Waals surface area (Å²) in [6.07, 6.45) is 0. The van der Waals surface area contributed by atoms with Crippen LogP contribution in [-0.4, -0.2) is 42.1 Å². The van der Waals surface area contributed by atoms with Crippen molar-refractivity contribution in [1.29, 1.82) is 0 Å². The van der Waals surface area contributed by atoms with Gasteiger partial charge in [-0.15, -0.1) is 0 Å². The lowest BCUT2D eigenvalue weighted by Crippen LogP contribution is -2.21. The van der Waals surface area contributed by atoms with Crippen LogP contribution in [-0.2, 0) is 0 Å². The fourth-order valence-electron chi connectivity index (χ4n) is 2.00. The number of rotatable bonds is 6. The molecule has 0 atom stereocenters. The van der Waals surface area contributed by atoms with E-state index >= 15 is 0 Å². The Bertz CT molecular complexity index is 642. The zero-order valence-corrected chi connectivity index (χ0v) is 15.0. The molecule has 1 aromatic heterocycles. The van der Waals surface area contributed by atoms with Crippen LogP contribution >= 0.6 is 15.9 Å². The van der Waals surface area contributed by atoms with Gasteiger partial charge < -0.3 is 15.5 Å².